The zero-order chi connectivity index (χ0) is 21.1. The summed E-state index contributed by atoms with van der Waals surface area (Å²) in [6.07, 6.45) is 5.41. The van der Waals surface area contributed by atoms with E-state index in [0.29, 0.717) is 43.1 Å². The van der Waals surface area contributed by atoms with E-state index in [-0.39, 0.29) is 17.7 Å². The standard InChI is InChI=1S/C21H25N5O3S/c1-25-13-16(12-23-25)20(28)22-11-14-4-7-26(8-5-14)21(29)15-2-3-18-17(10-15)24-19(27)6-9-30-18/h2-3,10,12-14H,4-9,11H2,1H3,(H,22,28)(H,24,27). The van der Waals surface area contributed by atoms with E-state index in [1.807, 2.05) is 17.0 Å². The lowest BCUT2D eigenvalue weighted by molar-refractivity contribution is -0.115. The molecule has 3 amide bonds. The Morgan fingerprint density at radius 2 is 2.07 bits per heavy atom. The van der Waals surface area contributed by atoms with Crippen LogP contribution in [0.2, 0.25) is 0 Å². The lowest BCUT2D eigenvalue weighted by Gasteiger charge is -2.32. The quantitative estimate of drug-likeness (QED) is 0.779. The fourth-order valence-electron chi connectivity index (χ4n) is 3.75. The third kappa shape index (κ3) is 4.67. The number of aromatic nitrogens is 2. The molecule has 2 aliphatic heterocycles. The topological polar surface area (TPSA) is 96.3 Å². The van der Waals surface area contributed by atoms with Crippen molar-refractivity contribution in [3.63, 3.8) is 0 Å². The third-order valence-electron chi connectivity index (χ3n) is 5.51. The number of piperidine rings is 1. The summed E-state index contributed by atoms with van der Waals surface area (Å²) in [6.45, 7) is 1.91. The Bertz CT molecular complexity index is 965. The Morgan fingerprint density at radius 1 is 1.27 bits per heavy atom. The molecule has 3 heterocycles. The minimum absolute atomic E-state index is 0.0139. The van der Waals surface area contributed by atoms with Crippen molar-refractivity contribution in [1.82, 2.24) is 20.0 Å². The summed E-state index contributed by atoms with van der Waals surface area (Å²) in [6, 6.07) is 5.54. The minimum atomic E-state index is -0.119. The molecule has 9 heteroatoms. The SMILES string of the molecule is Cn1cc(C(=O)NCC2CCN(C(=O)c3ccc4c(c3)NC(=O)CCS4)CC2)cn1. The van der Waals surface area contributed by atoms with Crippen molar-refractivity contribution in [3.05, 3.63) is 41.7 Å². The molecule has 30 heavy (non-hydrogen) atoms. The van der Waals surface area contributed by atoms with E-state index in [1.165, 1.54) is 0 Å². The molecule has 0 spiro atoms. The zero-order valence-corrected chi connectivity index (χ0v) is 17.7. The first-order valence-corrected chi connectivity index (χ1v) is 11.1. The summed E-state index contributed by atoms with van der Waals surface area (Å²) in [5, 5.41) is 9.87. The van der Waals surface area contributed by atoms with Crippen molar-refractivity contribution >= 4 is 35.2 Å². The summed E-state index contributed by atoms with van der Waals surface area (Å²) in [7, 11) is 1.78. The normalized spacial score (nSPS) is 17.1. The van der Waals surface area contributed by atoms with Crippen LogP contribution in [0, 0.1) is 5.92 Å². The van der Waals surface area contributed by atoms with Gasteiger partial charge in [0.05, 0.1) is 17.4 Å². The predicted molar refractivity (Wildman–Crippen MR) is 115 cm³/mol. The summed E-state index contributed by atoms with van der Waals surface area (Å²) >= 11 is 1.63. The van der Waals surface area contributed by atoms with Gasteiger partial charge < -0.3 is 15.5 Å². The lowest BCUT2D eigenvalue weighted by atomic mass is 9.96. The molecule has 0 aliphatic carbocycles. The van der Waals surface area contributed by atoms with Gasteiger partial charge >= 0.3 is 0 Å². The van der Waals surface area contributed by atoms with Crippen LogP contribution in [0.3, 0.4) is 0 Å². The molecule has 0 unspecified atom stereocenters. The average molecular weight is 428 g/mol. The van der Waals surface area contributed by atoms with Crippen LogP contribution in [0.25, 0.3) is 0 Å². The summed E-state index contributed by atoms with van der Waals surface area (Å²) in [4.78, 5) is 39.8. The number of hydrogen-bond donors (Lipinski definition) is 2. The number of aryl methyl sites for hydroxylation is 1. The number of rotatable bonds is 4. The number of fused-ring (bicyclic) bond motifs is 1. The van der Waals surface area contributed by atoms with Crippen LogP contribution in [0.1, 0.15) is 40.0 Å². The second-order valence-corrected chi connectivity index (χ2v) is 8.84. The van der Waals surface area contributed by atoms with Crippen LogP contribution in [0.15, 0.2) is 35.5 Å². The van der Waals surface area contributed by atoms with Crippen LogP contribution < -0.4 is 10.6 Å². The third-order valence-corrected chi connectivity index (χ3v) is 6.58. The predicted octanol–water partition coefficient (Wildman–Crippen LogP) is 2.14. The van der Waals surface area contributed by atoms with Crippen molar-refractivity contribution < 1.29 is 14.4 Å². The molecular weight excluding hydrogens is 402 g/mol. The van der Waals surface area contributed by atoms with E-state index in [0.717, 1.165) is 29.2 Å². The molecule has 158 valence electrons. The number of likely N-dealkylation sites (tertiary alicyclic amines) is 1. The maximum Gasteiger partial charge on any atom is 0.254 e. The van der Waals surface area contributed by atoms with Crippen LogP contribution in [-0.2, 0) is 11.8 Å². The lowest BCUT2D eigenvalue weighted by Crippen LogP contribution is -2.41. The molecule has 4 rings (SSSR count). The Morgan fingerprint density at radius 3 is 2.80 bits per heavy atom. The Balaban J connectivity index is 1.30. The number of benzene rings is 1. The summed E-state index contributed by atoms with van der Waals surface area (Å²) in [5.41, 5.74) is 1.87. The van der Waals surface area contributed by atoms with E-state index in [2.05, 4.69) is 15.7 Å². The highest BCUT2D eigenvalue weighted by Gasteiger charge is 2.25. The fraction of sp³-hybridized carbons (Fsp3) is 0.429. The highest BCUT2D eigenvalue weighted by atomic mass is 32.2. The molecule has 1 aromatic carbocycles. The van der Waals surface area contributed by atoms with Gasteiger partial charge in [-0.25, -0.2) is 0 Å². The number of nitrogens with zero attached hydrogens (tertiary/aromatic N) is 3. The second-order valence-electron chi connectivity index (χ2n) is 7.71. The molecule has 2 aliphatic rings. The van der Waals surface area contributed by atoms with Gasteiger partial charge in [-0.2, -0.15) is 5.10 Å². The van der Waals surface area contributed by atoms with E-state index in [9.17, 15) is 14.4 Å². The van der Waals surface area contributed by atoms with Gasteiger partial charge in [-0.1, -0.05) is 0 Å². The molecule has 0 bridgehead atoms. The Labute approximate surface area is 179 Å². The first-order chi connectivity index (χ1) is 14.5. The average Bonchev–Trinajstić information content (AvgIpc) is 3.10. The van der Waals surface area contributed by atoms with E-state index in [4.69, 9.17) is 0 Å². The van der Waals surface area contributed by atoms with Crippen molar-refractivity contribution in [1.29, 1.82) is 0 Å². The van der Waals surface area contributed by atoms with Crippen molar-refractivity contribution in [3.8, 4) is 0 Å². The fourth-order valence-corrected chi connectivity index (χ4v) is 4.69. The number of carbonyl (C=O) groups excluding carboxylic acids is 3. The van der Waals surface area contributed by atoms with E-state index in [1.54, 1.807) is 42.0 Å². The largest absolute Gasteiger partial charge is 0.352 e. The molecule has 2 N–H and O–H groups in total. The summed E-state index contributed by atoms with van der Waals surface area (Å²) < 4.78 is 1.60. The first kappa shape index (κ1) is 20.5. The van der Waals surface area contributed by atoms with Crippen LogP contribution in [-0.4, -0.2) is 57.8 Å². The van der Waals surface area contributed by atoms with Gasteiger partial charge in [-0.15, -0.1) is 11.8 Å². The molecule has 0 radical (unpaired) electrons. The molecular formula is C21H25N5O3S. The van der Waals surface area contributed by atoms with Crippen LogP contribution in [0.5, 0.6) is 0 Å². The molecule has 1 fully saturated rings. The van der Waals surface area contributed by atoms with Gasteiger partial charge in [0, 0.05) is 55.5 Å². The minimum Gasteiger partial charge on any atom is -0.352 e. The van der Waals surface area contributed by atoms with Gasteiger partial charge in [0.15, 0.2) is 0 Å². The van der Waals surface area contributed by atoms with E-state index >= 15 is 0 Å². The van der Waals surface area contributed by atoms with Crippen molar-refractivity contribution in [2.45, 2.75) is 24.2 Å². The van der Waals surface area contributed by atoms with Gasteiger partial charge in [-0.05, 0) is 37.0 Å². The number of anilines is 1. The number of amides is 3. The Kier molecular flexibility index (Phi) is 6.08. The Hall–Kier alpha value is -2.81. The maximum absolute atomic E-state index is 12.9. The van der Waals surface area contributed by atoms with Crippen LogP contribution >= 0.6 is 11.8 Å². The van der Waals surface area contributed by atoms with Crippen LogP contribution in [0.4, 0.5) is 5.69 Å². The number of nitrogens with one attached hydrogen (secondary N) is 2. The number of thioether (sulfide) groups is 1. The highest BCUT2D eigenvalue weighted by molar-refractivity contribution is 7.99. The smallest absolute Gasteiger partial charge is 0.254 e. The number of hydrogen-bond acceptors (Lipinski definition) is 5. The number of carbonyl (C=O) groups is 3. The summed E-state index contributed by atoms with van der Waals surface area (Å²) in [5.74, 6) is 0.944. The first-order valence-electron chi connectivity index (χ1n) is 10.1. The molecule has 0 atom stereocenters. The molecule has 1 saturated heterocycles. The highest BCUT2D eigenvalue weighted by Crippen LogP contribution is 2.32. The van der Waals surface area contributed by atoms with Gasteiger partial charge in [0.1, 0.15) is 0 Å². The van der Waals surface area contributed by atoms with E-state index < -0.39 is 0 Å². The molecule has 1 aromatic heterocycles. The van der Waals surface area contributed by atoms with Gasteiger partial charge in [0.2, 0.25) is 5.91 Å². The molecule has 0 saturated carbocycles. The maximum atomic E-state index is 12.9. The monoisotopic (exact) mass is 427 g/mol. The van der Waals surface area contributed by atoms with Crippen molar-refractivity contribution in [2.24, 2.45) is 13.0 Å². The molecule has 2 aromatic rings. The van der Waals surface area contributed by atoms with Gasteiger partial charge in [-0.3, -0.25) is 19.1 Å². The zero-order valence-electron chi connectivity index (χ0n) is 16.9. The molecule has 8 nitrogen and oxygen atoms in total. The van der Waals surface area contributed by atoms with Gasteiger partial charge in [0.25, 0.3) is 11.8 Å². The second kappa shape index (κ2) is 8.91. The van der Waals surface area contributed by atoms with Crippen molar-refractivity contribution in [2.75, 3.05) is 30.7 Å².